The maximum absolute atomic E-state index is 12.3. The number of hydrogen-bond acceptors (Lipinski definition) is 2. The minimum atomic E-state index is -0.123. The van der Waals surface area contributed by atoms with Gasteiger partial charge in [0.15, 0.2) is 0 Å². The van der Waals surface area contributed by atoms with Crippen molar-refractivity contribution in [2.75, 3.05) is 11.1 Å². The molecule has 0 aliphatic carbocycles. The van der Waals surface area contributed by atoms with Gasteiger partial charge in [-0.2, -0.15) is 0 Å². The SMILES string of the molecule is CCc1cccc(NC(=O)c2cc(N)c(C)cc2C)c1. The molecule has 3 N–H and O–H groups in total. The van der Waals surface area contributed by atoms with Crippen molar-refractivity contribution in [2.45, 2.75) is 27.2 Å². The summed E-state index contributed by atoms with van der Waals surface area (Å²) in [4.78, 5) is 12.3. The van der Waals surface area contributed by atoms with Gasteiger partial charge in [-0.3, -0.25) is 4.79 Å². The van der Waals surface area contributed by atoms with E-state index in [1.165, 1.54) is 5.56 Å². The number of rotatable bonds is 3. The molecule has 1 amide bonds. The van der Waals surface area contributed by atoms with Gasteiger partial charge in [0.05, 0.1) is 0 Å². The van der Waals surface area contributed by atoms with Gasteiger partial charge in [0.25, 0.3) is 5.91 Å². The average molecular weight is 268 g/mol. The first kappa shape index (κ1) is 14.1. The number of hydrogen-bond donors (Lipinski definition) is 2. The molecule has 0 radical (unpaired) electrons. The van der Waals surface area contributed by atoms with Crippen molar-refractivity contribution in [3.63, 3.8) is 0 Å². The Morgan fingerprint density at radius 3 is 2.60 bits per heavy atom. The molecule has 0 aliphatic rings. The summed E-state index contributed by atoms with van der Waals surface area (Å²) in [5.41, 5.74) is 11.1. The van der Waals surface area contributed by atoms with E-state index >= 15 is 0 Å². The predicted octanol–water partition coefficient (Wildman–Crippen LogP) is 3.70. The number of nitrogens with one attached hydrogen (secondary N) is 1. The lowest BCUT2D eigenvalue weighted by atomic mass is 10.0. The molecule has 2 aromatic rings. The van der Waals surface area contributed by atoms with Crippen molar-refractivity contribution in [1.29, 1.82) is 0 Å². The number of amides is 1. The number of anilines is 2. The van der Waals surface area contributed by atoms with Gasteiger partial charge in [0.2, 0.25) is 0 Å². The van der Waals surface area contributed by atoms with Crippen molar-refractivity contribution in [1.82, 2.24) is 0 Å². The van der Waals surface area contributed by atoms with Crippen LogP contribution in [0.5, 0.6) is 0 Å². The highest BCUT2D eigenvalue weighted by atomic mass is 16.1. The number of benzene rings is 2. The second-order valence-corrected chi connectivity index (χ2v) is 5.03. The number of carbonyl (C=O) groups excluding carboxylic acids is 1. The number of nitrogen functional groups attached to an aromatic ring is 1. The van der Waals surface area contributed by atoms with Gasteiger partial charge in [-0.25, -0.2) is 0 Å². The van der Waals surface area contributed by atoms with E-state index in [1.54, 1.807) is 6.07 Å². The topological polar surface area (TPSA) is 55.1 Å². The molecular weight excluding hydrogens is 248 g/mol. The molecular formula is C17H20N2O. The van der Waals surface area contributed by atoms with Crippen LogP contribution in [-0.2, 0) is 6.42 Å². The summed E-state index contributed by atoms with van der Waals surface area (Å²) in [5, 5.41) is 2.93. The molecule has 3 nitrogen and oxygen atoms in total. The molecule has 0 aromatic heterocycles. The lowest BCUT2D eigenvalue weighted by Crippen LogP contribution is -2.14. The first-order valence-corrected chi connectivity index (χ1v) is 6.78. The van der Waals surface area contributed by atoms with Gasteiger partial charge >= 0.3 is 0 Å². The largest absolute Gasteiger partial charge is 0.398 e. The van der Waals surface area contributed by atoms with Crippen LogP contribution < -0.4 is 11.1 Å². The molecule has 0 spiro atoms. The molecule has 0 aliphatic heterocycles. The molecule has 2 aromatic carbocycles. The average Bonchev–Trinajstić information content (AvgIpc) is 2.43. The van der Waals surface area contributed by atoms with Crippen molar-refractivity contribution in [3.05, 3.63) is 58.7 Å². The van der Waals surface area contributed by atoms with E-state index in [9.17, 15) is 4.79 Å². The number of nitrogens with two attached hydrogens (primary N) is 1. The second kappa shape index (κ2) is 5.78. The molecule has 0 saturated heterocycles. The third-order valence-corrected chi connectivity index (χ3v) is 3.45. The predicted molar refractivity (Wildman–Crippen MR) is 84.1 cm³/mol. The Hall–Kier alpha value is -2.29. The van der Waals surface area contributed by atoms with Crippen molar-refractivity contribution in [3.8, 4) is 0 Å². The maximum Gasteiger partial charge on any atom is 0.256 e. The normalized spacial score (nSPS) is 10.3. The third kappa shape index (κ3) is 2.99. The van der Waals surface area contributed by atoms with E-state index in [4.69, 9.17) is 5.73 Å². The maximum atomic E-state index is 12.3. The van der Waals surface area contributed by atoms with E-state index < -0.39 is 0 Å². The van der Waals surface area contributed by atoms with E-state index in [2.05, 4.69) is 12.2 Å². The fourth-order valence-corrected chi connectivity index (χ4v) is 2.18. The van der Waals surface area contributed by atoms with Gasteiger partial charge in [0.1, 0.15) is 0 Å². The Bertz CT molecular complexity index is 647. The molecule has 0 unspecified atom stereocenters. The van der Waals surface area contributed by atoms with Crippen LogP contribution in [0.15, 0.2) is 36.4 Å². The Labute approximate surface area is 119 Å². The van der Waals surface area contributed by atoms with Crippen LogP contribution in [0.1, 0.15) is 34.0 Å². The summed E-state index contributed by atoms with van der Waals surface area (Å²) >= 11 is 0. The molecule has 0 saturated carbocycles. The lowest BCUT2D eigenvalue weighted by molar-refractivity contribution is 0.102. The fraction of sp³-hybridized carbons (Fsp3) is 0.235. The van der Waals surface area contributed by atoms with Crippen molar-refractivity contribution >= 4 is 17.3 Å². The summed E-state index contributed by atoms with van der Waals surface area (Å²) in [5.74, 6) is -0.123. The van der Waals surface area contributed by atoms with E-state index in [-0.39, 0.29) is 5.91 Å². The molecule has 0 heterocycles. The first-order chi connectivity index (χ1) is 9.51. The second-order valence-electron chi connectivity index (χ2n) is 5.03. The van der Waals surface area contributed by atoms with Gasteiger partial charge in [-0.15, -0.1) is 0 Å². The van der Waals surface area contributed by atoms with Crippen molar-refractivity contribution in [2.24, 2.45) is 0 Å². The van der Waals surface area contributed by atoms with E-state index in [0.717, 1.165) is 23.2 Å². The zero-order valence-corrected chi connectivity index (χ0v) is 12.2. The first-order valence-electron chi connectivity index (χ1n) is 6.78. The van der Waals surface area contributed by atoms with Crippen LogP contribution in [0, 0.1) is 13.8 Å². The summed E-state index contributed by atoms with van der Waals surface area (Å²) in [7, 11) is 0. The molecule has 3 heteroatoms. The molecule has 20 heavy (non-hydrogen) atoms. The highest BCUT2D eigenvalue weighted by Crippen LogP contribution is 2.19. The Kier molecular flexibility index (Phi) is 4.08. The smallest absolute Gasteiger partial charge is 0.256 e. The highest BCUT2D eigenvalue weighted by Gasteiger charge is 2.11. The quantitative estimate of drug-likeness (QED) is 0.834. The van der Waals surface area contributed by atoms with Gasteiger partial charge < -0.3 is 11.1 Å². The van der Waals surface area contributed by atoms with Crippen LogP contribution >= 0.6 is 0 Å². The third-order valence-electron chi connectivity index (χ3n) is 3.45. The lowest BCUT2D eigenvalue weighted by Gasteiger charge is -2.11. The summed E-state index contributed by atoms with van der Waals surface area (Å²) < 4.78 is 0. The highest BCUT2D eigenvalue weighted by molar-refractivity contribution is 6.06. The van der Waals surface area contributed by atoms with Gasteiger partial charge in [0, 0.05) is 16.9 Å². The standard InChI is InChI=1S/C17H20N2O/c1-4-13-6-5-7-14(9-13)19-17(20)15-10-16(18)12(3)8-11(15)2/h5-10H,4,18H2,1-3H3,(H,19,20). The van der Waals surface area contributed by atoms with Gasteiger partial charge in [-0.1, -0.05) is 25.1 Å². The van der Waals surface area contributed by atoms with Gasteiger partial charge in [-0.05, 0) is 55.2 Å². The number of aryl methyl sites for hydroxylation is 3. The van der Waals surface area contributed by atoms with Crippen LogP contribution in [0.4, 0.5) is 11.4 Å². The minimum Gasteiger partial charge on any atom is -0.398 e. The summed E-state index contributed by atoms with van der Waals surface area (Å²) in [6, 6.07) is 11.6. The monoisotopic (exact) mass is 268 g/mol. The fourth-order valence-electron chi connectivity index (χ4n) is 2.18. The Morgan fingerprint density at radius 2 is 1.90 bits per heavy atom. The van der Waals surface area contributed by atoms with Crippen LogP contribution in [-0.4, -0.2) is 5.91 Å². The zero-order chi connectivity index (χ0) is 14.7. The Balaban J connectivity index is 2.26. The van der Waals surface area contributed by atoms with Crippen LogP contribution in [0.2, 0.25) is 0 Å². The molecule has 0 atom stereocenters. The number of carbonyl (C=O) groups is 1. The van der Waals surface area contributed by atoms with Crippen molar-refractivity contribution < 1.29 is 4.79 Å². The van der Waals surface area contributed by atoms with E-state index in [0.29, 0.717) is 11.3 Å². The van der Waals surface area contributed by atoms with Crippen LogP contribution in [0.3, 0.4) is 0 Å². The summed E-state index contributed by atoms with van der Waals surface area (Å²) in [6.45, 7) is 5.95. The molecule has 2 rings (SSSR count). The molecule has 104 valence electrons. The minimum absolute atomic E-state index is 0.123. The molecule has 0 fully saturated rings. The summed E-state index contributed by atoms with van der Waals surface area (Å²) in [6.07, 6.45) is 0.945. The van der Waals surface area contributed by atoms with Crippen LogP contribution in [0.25, 0.3) is 0 Å². The van der Waals surface area contributed by atoms with E-state index in [1.807, 2.05) is 44.2 Å². The Morgan fingerprint density at radius 1 is 1.15 bits per heavy atom. The molecule has 0 bridgehead atoms. The zero-order valence-electron chi connectivity index (χ0n) is 12.2.